The van der Waals surface area contributed by atoms with Crippen LogP contribution in [0.5, 0.6) is 0 Å². The monoisotopic (exact) mass is 291 g/mol. The van der Waals surface area contributed by atoms with Crippen molar-refractivity contribution in [3.63, 3.8) is 0 Å². The average Bonchev–Trinajstić information content (AvgIpc) is 2.93. The Morgan fingerprint density at radius 3 is 2.57 bits per heavy atom. The normalized spacial score (nSPS) is 11.2. The lowest BCUT2D eigenvalue weighted by molar-refractivity contribution is 1.07. The van der Waals surface area contributed by atoms with Crippen LogP contribution in [0.3, 0.4) is 0 Å². The summed E-state index contributed by atoms with van der Waals surface area (Å²) in [5.41, 5.74) is 3.16. The molecule has 0 unspecified atom stereocenters. The summed E-state index contributed by atoms with van der Waals surface area (Å²) >= 11 is 1.68. The van der Waals surface area contributed by atoms with Gasteiger partial charge in [0.2, 0.25) is 0 Å². The number of fused-ring (bicyclic) bond motifs is 2. The van der Waals surface area contributed by atoms with E-state index in [4.69, 9.17) is 0 Å². The van der Waals surface area contributed by atoms with Gasteiger partial charge < -0.3 is 4.98 Å². The summed E-state index contributed by atoms with van der Waals surface area (Å²) in [5.74, 6) is 0.820. The maximum Gasteiger partial charge on any atom is 0.166 e. The van der Waals surface area contributed by atoms with Gasteiger partial charge in [-0.2, -0.15) is 0 Å². The molecule has 2 heterocycles. The summed E-state index contributed by atoms with van der Waals surface area (Å²) < 4.78 is 0. The van der Waals surface area contributed by atoms with E-state index in [-0.39, 0.29) is 0 Å². The first-order valence-corrected chi connectivity index (χ1v) is 7.78. The number of hydrogen-bond acceptors (Lipinski definition) is 3. The molecule has 1 N–H and O–H groups in total. The Labute approximate surface area is 126 Å². The molecule has 0 aliphatic rings. The lowest BCUT2D eigenvalue weighted by Gasteiger charge is -1.96. The molecule has 102 valence electrons. The number of benzene rings is 2. The molecule has 0 bridgehead atoms. The zero-order chi connectivity index (χ0) is 14.1. The predicted molar refractivity (Wildman–Crippen MR) is 87.4 cm³/mol. The molecule has 4 heteroatoms. The Bertz CT molecular complexity index is 847. The van der Waals surface area contributed by atoms with Crippen molar-refractivity contribution in [2.75, 3.05) is 0 Å². The van der Waals surface area contributed by atoms with Crippen LogP contribution in [0.25, 0.3) is 21.8 Å². The van der Waals surface area contributed by atoms with Gasteiger partial charge in [-0.1, -0.05) is 42.1 Å². The van der Waals surface area contributed by atoms with Crippen LogP contribution >= 0.6 is 11.8 Å². The third kappa shape index (κ3) is 2.50. The molecule has 21 heavy (non-hydrogen) atoms. The quantitative estimate of drug-likeness (QED) is 0.569. The number of aromatic nitrogens is 3. The van der Waals surface area contributed by atoms with Gasteiger partial charge in [-0.15, -0.1) is 0 Å². The van der Waals surface area contributed by atoms with E-state index in [1.165, 1.54) is 10.8 Å². The van der Waals surface area contributed by atoms with E-state index in [1.807, 2.05) is 24.4 Å². The number of H-pyrrole nitrogens is 1. The maximum absolute atomic E-state index is 4.66. The van der Waals surface area contributed by atoms with Gasteiger partial charge in [-0.3, -0.25) is 4.98 Å². The van der Waals surface area contributed by atoms with Crippen LogP contribution in [0.4, 0.5) is 0 Å². The molecule has 0 saturated carbocycles. The van der Waals surface area contributed by atoms with E-state index in [1.54, 1.807) is 11.8 Å². The van der Waals surface area contributed by atoms with Gasteiger partial charge in [0.05, 0.1) is 16.7 Å². The van der Waals surface area contributed by atoms with Gasteiger partial charge in [0, 0.05) is 11.9 Å². The SMILES string of the molecule is c1ccc(CSc2nc3cc4ccccc4cc3[nH]2)nc1. The fourth-order valence-electron chi connectivity index (χ4n) is 2.37. The number of pyridine rings is 1. The minimum atomic E-state index is 0.820. The number of thioether (sulfide) groups is 1. The molecule has 0 aliphatic carbocycles. The maximum atomic E-state index is 4.66. The Morgan fingerprint density at radius 2 is 1.76 bits per heavy atom. The van der Waals surface area contributed by atoms with E-state index >= 15 is 0 Å². The van der Waals surface area contributed by atoms with Gasteiger partial charge in [0.1, 0.15) is 0 Å². The number of hydrogen-bond donors (Lipinski definition) is 1. The summed E-state index contributed by atoms with van der Waals surface area (Å²) in [5, 5.41) is 3.39. The molecule has 3 nitrogen and oxygen atoms in total. The molecule has 4 aromatic rings. The highest BCUT2D eigenvalue weighted by molar-refractivity contribution is 7.98. The number of aromatic amines is 1. The number of nitrogens with one attached hydrogen (secondary N) is 1. The average molecular weight is 291 g/mol. The van der Waals surface area contributed by atoms with Crippen LogP contribution in [0.2, 0.25) is 0 Å². The second-order valence-corrected chi connectivity index (χ2v) is 5.83. The summed E-state index contributed by atoms with van der Waals surface area (Å²) in [6.45, 7) is 0. The van der Waals surface area contributed by atoms with Gasteiger partial charge in [0.25, 0.3) is 0 Å². The van der Waals surface area contributed by atoms with Gasteiger partial charge >= 0.3 is 0 Å². The molecular weight excluding hydrogens is 278 g/mol. The highest BCUT2D eigenvalue weighted by Crippen LogP contribution is 2.25. The van der Waals surface area contributed by atoms with Gasteiger partial charge in [0.15, 0.2) is 5.16 Å². The molecule has 2 aromatic carbocycles. The third-order valence-electron chi connectivity index (χ3n) is 3.41. The molecule has 0 amide bonds. The minimum Gasteiger partial charge on any atom is -0.333 e. The first-order chi connectivity index (χ1) is 10.4. The zero-order valence-electron chi connectivity index (χ0n) is 11.3. The van der Waals surface area contributed by atoms with Gasteiger partial charge in [-0.25, -0.2) is 4.98 Å². The summed E-state index contributed by atoms with van der Waals surface area (Å²) in [6.07, 6.45) is 1.82. The van der Waals surface area contributed by atoms with E-state index < -0.39 is 0 Å². The first kappa shape index (κ1) is 12.4. The minimum absolute atomic E-state index is 0.820. The predicted octanol–water partition coefficient (Wildman–Crippen LogP) is 4.40. The van der Waals surface area contributed by atoms with Crippen molar-refractivity contribution in [1.29, 1.82) is 0 Å². The number of imidazole rings is 1. The highest BCUT2D eigenvalue weighted by atomic mass is 32.2. The van der Waals surface area contributed by atoms with Crippen molar-refractivity contribution in [2.45, 2.75) is 10.9 Å². The van der Waals surface area contributed by atoms with Crippen LogP contribution in [0, 0.1) is 0 Å². The molecule has 4 rings (SSSR count). The Morgan fingerprint density at radius 1 is 0.952 bits per heavy atom. The molecule has 0 fully saturated rings. The fraction of sp³-hybridized carbons (Fsp3) is 0.0588. The van der Waals surface area contributed by atoms with Gasteiger partial charge in [-0.05, 0) is 35.0 Å². The highest BCUT2D eigenvalue weighted by Gasteiger charge is 2.05. The summed E-state index contributed by atoms with van der Waals surface area (Å²) in [7, 11) is 0. The van der Waals surface area contributed by atoms with E-state index in [0.717, 1.165) is 27.6 Å². The Hall–Kier alpha value is -2.33. The van der Waals surface area contributed by atoms with Crippen LogP contribution in [-0.2, 0) is 5.75 Å². The second kappa shape index (κ2) is 5.22. The molecule has 0 spiro atoms. The Kier molecular flexibility index (Phi) is 3.09. The lowest BCUT2D eigenvalue weighted by atomic mass is 10.1. The van der Waals surface area contributed by atoms with E-state index in [2.05, 4.69) is 51.4 Å². The van der Waals surface area contributed by atoms with Crippen molar-refractivity contribution in [3.05, 3.63) is 66.5 Å². The second-order valence-electron chi connectivity index (χ2n) is 4.87. The van der Waals surface area contributed by atoms with Crippen LogP contribution in [0.1, 0.15) is 5.69 Å². The Balaban J connectivity index is 1.65. The molecule has 2 aromatic heterocycles. The molecule has 0 aliphatic heterocycles. The lowest BCUT2D eigenvalue weighted by Crippen LogP contribution is -1.85. The largest absolute Gasteiger partial charge is 0.333 e. The van der Waals surface area contributed by atoms with Crippen molar-refractivity contribution in [2.24, 2.45) is 0 Å². The topological polar surface area (TPSA) is 41.6 Å². The van der Waals surface area contributed by atoms with Crippen LogP contribution in [0.15, 0.2) is 66.0 Å². The van der Waals surface area contributed by atoms with E-state index in [9.17, 15) is 0 Å². The smallest absolute Gasteiger partial charge is 0.166 e. The molecule has 0 atom stereocenters. The van der Waals surface area contributed by atoms with Crippen molar-refractivity contribution in [1.82, 2.24) is 15.0 Å². The summed E-state index contributed by atoms with van der Waals surface area (Å²) in [6, 6.07) is 18.6. The van der Waals surface area contributed by atoms with Crippen LogP contribution in [-0.4, -0.2) is 15.0 Å². The number of rotatable bonds is 3. The first-order valence-electron chi connectivity index (χ1n) is 6.80. The number of nitrogens with zero attached hydrogens (tertiary/aromatic N) is 2. The van der Waals surface area contributed by atoms with Crippen molar-refractivity contribution < 1.29 is 0 Å². The fourth-order valence-corrected chi connectivity index (χ4v) is 3.17. The van der Waals surface area contributed by atoms with Crippen LogP contribution < -0.4 is 0 Å². The third-order valence-corrected chi connectivity index (χ3v) is 4.32. The molecule has 0 radical (unpaired) electrons. The van der Waals surface area contributed by atoms with Crippen molar-refractivity contribution >= 4 is 33.6 Å². The zero-order valence-corrected chi connectivity index (χ0v) is 12.1. The van der Waals surface area contributed by atoms with Crippen molar-refractivity contribution in [3.8, 4) is 0 Å². The van der Waals surface area contributed by atoms with E-state index in [0.29, 0.717) is 0 Å². The summed E-state index contributed by atoms with van der Waals surface area (Å²) in [4.78, 5) is 12.4. The molecule has 0 saturated heterocycles. The molecular formula is C17H13N3S. The standard InChI is InChI=1S/C17H13N3S/c1-2-6-13-10-16-15(9-12(13)5-1)19-17(20-16)21-11-14-7-3-4-8-18-14/h1-10H,11H2,(H,19,20).